The van der Waals surface area contributed by atoms with Gasteiger partial charge in [0.1, 0.15) is 0 Å². The molecule has 1 heterocycles. The van der Waals surface area contributed by atoms with Crippen LogP contribution in [0.25, 0.3) is 54.9 Å². The Morgan fingerprint density at radius 3 is 1.50 bits per heavy atom. The van der Waals surface area contributed by atoms with Crippen molar-refractivity contribution in [3.63, 3.8) is 0 Å². The Morgan fingerprint density at radius 1 is 0.533 bits per heavy atom. The number of unbranched alkanes of at least 4 members (excludes halogenated alkanes) is 2. The molecule has 306 valence electrons. The Labute approximate surface area is 381 Å². The summed E-state index contributed by atoms with van der Waals surface area (Å²) in [6, 6.07) is 50.3. The predicted octanol–water partition coefficient (Wildman–Crippen LogP) is 15.5. The quantitative estimate of drug-likeness (QED) is 0.105. The normalized spacial score (nSPS) is 11.2. The SMILES string of the molecule is CCCCc1cc2c(-c3cc(C)cc(C)c3C)cccc2[cH-]1.CCCCc1cc2c(-c3cc(C)cc(C)c3C)cccc2[cH-]1.[Cl][Zr][Cl].[c-]1cccc2c1[Si]c1ccccc1-2. The van der Waals surface area contributed by atoms with Gasteiger partial charge in [0.15, 0.2) is 0 Å². The molecular formula is C56H57Cl2SiZr-3. The van der Waals surface area contributed by atoms with Gasteiger partial charge in [0, 0.05) is 0 Å². The summed E-state index contributed by atoms with van der Waals surface area (Å²) in [5, 5.41) is 8.39. The molecule has 0 unspecified atom stereocenters. The summed E-state index contributed by atoms with van der Waals surface area (Å²) in [5.74, 6) is 0. The average molecular weight is 920 g/mol. The van der Waals surface area contributed by atoms with Crippen LogP contribution in [0.2, 0.25) is 0 Å². The summed E-state index contributed by atoms with van der Waals surface area (Å²) in [6.45, 7) is 17.8. The molecule has 0 saturated carbocycles. The van der Waals surface area contributed by atoms with Crippen LogP contribution in [0.3, 0.4) is 0 Å². The Bertz CT molecular complexity index is 2490. The van der Waals surface area contributed by atoms with E-state index < -0.39 is 20.8 Å². The molecule has 0 bridgehead atoms. The third kappa shape index (κ3) is 11.0. The van der Waals surface area contributed by atoms with Gasteiger partial charge in [-0.3, -0.25) is 0 Å². The molecule has 0 aliphatic carbocycles. The Kier molecular flexibility index (Phi) is 16.6. The van der Waals surface area contributed by atoms with Crippen LogP contribution in [0.15, 0.2) is 127 Å². The molecule has 2 radical (unpaired) electrons. The summed E-state index contributed by atoms with van der Waals surface area (Å²) in [7, 11) is 10.7. The Morgan fingerprint density at radius 2 is 1.00 bits per heavy atom. The minimum atomic E-state index is -0.826. The molecule has 4 heteroatoms. The fraction of sp³-hybridized carbons (Fsp3) is 0.250. The van der Waals surface area contributed by atoms with Gasteiger partial charge in [0.05, 0.1) is 9.52 Å². The fourth-order valence-corrected chi connectivity index (χ4v) is 9.79. The molecule has 8 aromatic carbocycles. The van der Waals surface area contributed by atoms with Crippen LogP contribution in [-0.2, 0) is 33.7 Å². The van der Waals surface area contributed by atoms with E-state index in [1.165, 1.54) is 148 Å². The number of benzene rings is 6. The van der Waals surface area contributed by atoms with Crippen molar-refractivity contribution < 1.29 is 20.8 Å². The number of aryl methyl sites for hydroxylation is 6. The summed E-state index contributed by atoms with van der Waals surface area (Å²) < 4.78 is 0. The van der Waals surface area contributed by atoms with Crippen molar-refractivity contribution >= 4 is 58.5 Å². The minimum absolute atomic E-state index is 0.795. The molecule has 9 rings (SSSR count). The van der Waals surface area contributed by atoms with Gasteiger partial charge in [0.2, 0.25) is 0 Å². The molecule has 0 atom stereocenters. The van der Waals surface area contributed by atoms with Crippen molar-refractivity contribution in [2.45, 2.75) is 93.9 Å². The van der Waals surface area contributed by atoms with Gasteiger partial charge < -0.3 is 0 Å². The van der Waals surface area contributed by atoms with Crippen molar-refractivity contribution in [3.8, 4) is 33.4 Å². The molecule has 8 aromatic rings. The second-order valence-electron chi connectivity index (χ2n) is 16.3. The molecule has 0 spiro atoms. The first-order chi connectivity index (χ1) is 29.1. The van der Waals surface area contributed by atoms with Gasteiger partial charge in [-0.05, 0) is 87.8 Å². The van der Waals surface area contributed by atoms with E-state index in [0.717, 1.165) is 9.52 Å². The van der Waals surface area contributed by atoms with Crippen LogP contribution in [0, 0.1) is 47.6 Å². The molecule has 0 N–H and O–H groups in total. The van der Waals surface area contributed by atoms with Gasteiger partial charge in [-0.15, -0.1) is 74.6 Å². The van der Waals surface area contributed by atoms with E-state index in [-0.39, 0.29) is 0 Å². The van der Waals surface area contributed by atoms with Gasteiger partial charge in [-0.25, -0.2) is 0 Å². The Hall–Kier alpha value is -3.78. The Balaban J connectivity index is 0.000000150. The van der Waals surface area contributed by atoms with E-state index in [2.05, 4.69) is 183 Å². The van der Waals surface area contributed by atoms with Gasteiger partial charge in [-0.2, -0.15) is 41.6 Å². The van der Waals surface area contributed by atoms with Crippen molar-refractivity contribution in [2.75, 3.05) is 0 Å². The van der Waals surface area contributed by atoms with E-state index in [1.54, 1.807) is 0 Å². The molecule has 1 aliphatic rings. The maximum absolute atomic E-state index is 4.93. The van der Waals surface area contributed by atoms with E-state index in [1.807, 2.05) is 6.07 Å². The van der Waals surface area contributed by atoms with Crippen LogP contribution in [0.4, 0.5) is 0 Å². The molecule has 0 nitrogen and oxygen atoms in total. The summed E-state index contributed by atoms with van der Waals surface area (Å²) in [4.78, 5) is 0. The summed E-state index contributed by atoms with van der Waals surface area (Å²) in [6.07, 6.45) is 7.44. The second kappa shape index (κ2) is 21.8. The van der Waals surface area contributed by atoms with Crippen LogP contribution in [-0.4, -0.2) is 9.52 Å². The number of hydrogen-bond acceptors (Lipinski definition) is 0. The number of halogens is 2. The zero-order chi connectivity index (χ0) is 42.8. The molecular weight excluding hydrogens is 863 g/mol. The van der Waals surface area contributed by atoms with E-state index in [9.17, 15) is 0 Å². The third-order valence-corrected chi connectivity index (χ3v) is 13.2. The number of rotatable bonds is 8. The van der Waals surface area contributed by atoms with Gasteiger partial charge in [0.25, 0.3) is 0 Å². The zero-order valence-electron chi connectivity index (χ0n) is 36.6. The van der Waals surface area contributed by atoms with Crippen LogP contribution < -0.4 is 10.4 Å². The molecule has 0 amide bonds. The minimum Gasteiger partial charge on any atom is -0.184 e. The van der Waals surface area contributed by atoms with E-state index >= 15 is 0 Å². The maximum atomic E-state index is 4.93. The average Bonchev–Trinajstić information content (AvgIpc) is 3.97. The number of fused-ring (bicyclic) bond motifs is 5. The summed E-state index contributed by atoms with van der Waals surface area (Å²) in [5.41, 5.74) is 19.5. The zero-order valence-corrected chi connectivity index (χ0v) is 41.6. The monoisotopic (exact) mass is 917 g/mol. The van der Waals surface area contributed by atoms with Crippen molar-refractivity contribution in [1.29, 1.82) is 0 Å². The molecule has 1 aliphatic heterocycles. The van der Waals surface area contributed by atoms with Crippen LogP contribution >= 0.6 is 17.0 Å². The molecule has 60 heavy (non-hydrogen) atoms. The first kappa shape index (κ1) is 45.7. The van der Waals surface area contributed by atoms with Crippen LogP contribution in [0.1, 0.15) is 84.0 Å². The van der Waals surface area contributed by atoms with E-state index in [4.69, 9.17) is 17.0 Å². The first-order valence-electron chi connectivity index (χ1n) is 21.4. The largest absolute Gasteiger partial charge is 0.184 e. The molecule has 0 saturated heterocycles. The smallest absolute Gasteiger partial charge is 0.0920 e. The molecule has 0 aromatic heterocycles. The number of hydrogen-bond donors (Lipinski definition) is 0. The van der Waals surface area contributed by atoms with Gasteiger partial charge in [-0.1, -0.05) is 133 Å². The fourth-order valence-electron chi connectivity index (χ4n) is 8.48. The second-order valence-corrected chi connectivity index (χ2v) is 21.3. The maximum Gasteiger partial charge on any atom is 0.0920 e. The van der Waals surface area contributed by atoms with Crippen molar-refractivity contribution in [3.05, 3.63) is 178 Å². The van der Waals surface area contributed by atoms with Gasteiger partial charge >= 0.3 is 37.9 Å². The van der Waals surface area contributed by atoms with Crippen molar-refractivity contribution in [2.24, 2.45) is 0 Å². The predicted molar refractivity (Wildman–Crippen MR) is 263 cm³/mol. The standard InChI is InChI=1S/2C22H25.C12H7Si.2ClH.Zr/c2*1-5-6-8-18-13-19-9-7-10-20(22(19)14-18)21-12-15(2)11-16(3)17(21)4;1-3-7-11-9(5-1)10-6-2-4-8-12(10)13-11;;;/h2*7,9-14H,5-6,8H2,1-4H3;1-7H;2*1H;/q3*-1;;;+2/p-2. The summed E-state index contributed by atoms with van der Waals surface area (Å²) >= 11 is -0.826. The first-order valence-corrected chi connectivity index (χ1v) is 28.8. The third-order valence-electron chi connectivity index (χ3n) is 11.8. The molecule has 0 fully saturated rings. The van der Waals surface area contributed by atoms with Crippen LogP contribution in [0.5, 0.6) is 0 Å². The van der Waals surface area contributed by atoms with Crippen molar-refractivity contribution in [1.82, 2.24) is 0 Å². The van der Waals surface area contributed by atoms with E-state index in [0.29, 0.717) is 0 Å². The topological polar surface area (TPSA) is 0 Å².